The van der Waals surface area contributed by atoms with Crippen molar-refractivity contribution in [3.63, 3.8) is 0 Å². The molecule has 2 heterocycles. The molecule has 0 fully saturated rings. The third-order valence-corrected chi connectivity index (χ3v) is 3.20. The van der Waals surface area contributed by atoms with Crippen molar-refractivity contribution in [1.29, 1.82) is 5.26 Å². The van der Waals surface area contributed by atoms with Crippen LogP contribution in [0.4, 0.5) is 5.82 Å². The van der Waals surface area contributed by atoms with Crippen LogP contribution < -0.4 is 4.90 Å². The smallest absolute Gasteiger partial charge is 0.183 e. The van der Waals surface area contributed by atoms with Crippen LogP contribution in [0.2, 0.25) is 0 Å². The normalized spacial score (nSPS) is 10.3. The van der Waals surface area contributed by atoms with E-state index < -0.39 is 0 Å². The number of nitriles is 1. The molecule has 0 saturated heterocycles. The Bertz CT molecular complexity index is 637. The summed E-state index contributed by atoms with van der Waals surface area (Å²) in [5, 5.41) is 13.4. The molecular weight excluding hydrogens is 240 g/mol. The summed E-state index contributed by atoms with van der Waals surface area (Å²) >= 11 is 0. The first kappa shape index (κ1) is 13.0. The number of anilines is 1. The van der Waals surface area contributed by atoms with E-state index in [1.54, 1.807) is 6.20 Å². The summed E-state index contributed by atoms with van der Waals surface area (Å²) in [5.74, 6) is 0.590. The fourth-order valence-corrected chi connectivity index (χ4v) is 2.05. The zero-order chi connectivity index (χ0) is 14.0. The first-order valence-electron chi connectivity index (χ1n) is 5.96. The van der Waals surface area contributed by atoms with E-state index in [0.29, 0.717) is 18.1 Å². The van der Waals surface area contributed by atoms with Crippen molar-refractivity contribution < 1.29 is 0 Å². The van der Waals surface area contributed by atoms with E-state index in [4.69, 9.17) is 5.26 Å². The highest BCUT2D eigenvalue weighted by molar-refractivity contribution is 5.49. The lowest BCUT2D eigenvalue weighted by molar-refractivity contribution is 0.729. The quantitative estimate of drug-likeness (QED) is 0.828. The van der Waals surface area contributed by atoms with Gasteiger partial charge in [0, 0.05) is 44.3 Å². The van der Waals surface area contributed by atoms with Gasteiger partial charge in [0.15, 0.2) is 11.5 Å². The average molecular weight is 256 g/mol. The van der Waals surface area contributed by atoms with E-state index in [1.165, 1.54) is 6.20 Å². The first-order valence-corrected chi connectivity index (χ1v) is 5.96. The molecule has 2 aromatic rings. The summed E-state index contributed by atoms with van der Waals surface area (Å²) in [6, 6.07) is 2.06. The molecule has 6 heteroatoms. The van der Waals surface area contributed by atoms with Crippen LogP contribution in [-0.4, -0.2) is 26.8 Å². The van der Waals surface area contributed by atoms with Gasteiger partial charge in [0.05, 0.1) is 5.69 Å². The molecule has 0 saturated carbocycles. The van der Waals surface area contributed by atoms with Crippen LogP contribution in [0.25, 0.3) is 0 Å². The maximum Gasteiger partial charge on any atom is 0.183 e. The molecular formula is C13H16N6. The number of aromatic nitrogens is 4. The summed E-state index contributed by atoms with van der Waals surface area (Å²) in [6.07, 6.45) is 3.12. The van der Waals surface area contributed by atoms with Gasteiger partial charge < -0.3 is 4.90 Å². The lowest BCUT2D eigenvalue weighted by atomic mass is 10.2. The molecule has 2 rings (SSSR count). The van der Waals surface area contributed by atoms with Crippen LogP contribution >= 0.6 is 0 Å². The molecule has 0 radical (unpaired) electrons. The maximum atomic E-state index is 9.05. The van der Waals surface area contributed by atoms with Crippen LogP contribution in [0.5, 0.6) is 0 Å². The lowest BCUT2D eigenvalue weighted by Crippen LogP contribution is -2.20. The van der Waals surface area contributed by atoms with E-state index in [1.807, 2.05) is 37.5 Å². The van der Waals surface area contributed by atoms with E-state index in [0.717, 1.165) is 17.0 Å². The second-order valence-corrected chi connectivity index (χ2v) is 4.47. The van der Waals surface area contributed by atoms with Gasteiger partial charge in [0.2, 0.25) is 0 Å². The molecule has 0 aliphatic carbocycles. The largest absolute Gasteiger partial charge is 0.353 e. The molecule has 0 N–H and O–H groups in total. The van der Waals surface area contributed by atoms with Crippen molar-refractivity contribution in [1.82, 2.24) is 19.7 Å². The number of rotatable bonds is 3. The van der Waals surface area contributed by atoms with Gasteiger partial charge in [-0.05, 0) is 13.8 Å². The van der Waals surface area contributed by atoms with Gasteiger partial charge in [-0.2, -0.15) is 10.4 Å². The highest BCUT2D eigenvalue weighted by atomic mass is 15.3. The van der Waals surface area contributed by atoms with E-state index in [9.17, 15) is 0 Å². The molecule has 0 spiro atoms. The van der Waals surface area contributed by atoms with Gasteiger partial charge in [-0.3, -0.25) is 4.68 Å². The topological polar surface area (TPSA) is 70.6 Å². The number of hydrogen-bond donors (Lipinski definition) is 0. The molecule has 19 heavy (non-hydrogen) atoms. The Morgan fingerprint density at radius 3 is 2.58 bits per heavy atom. The Morgan fingerprint density at radius 2 is 2.00 bits per heavy atom. The molecule has 0 aliphatic heterocycles. The van der Waals surface area contributed by atoms with Crippen molar-refractivity contribution in [3.05, 3.63) is 35.0 Å². The van der Waals surface area contributed by atoms with Crippen LogP contribution in [0.1, 0.15) is 22.6 Å². The number of hydrogen-bond acceptors (Lipinski definition) is 5. The van der Waals surface area contributed by atoms with Crippen LogP contribution in [-0.2, 0) is 13.6 Å². The van der Waals surface area contributed by atoms with E-state index >= 15 is 0 Å². The zero-order valence-corrected chi connectivity index (χ0v) is 11.5. The summed E-state index contributed by atoms with van der Waals surface area (Å²) in [5.41, 5.74) is 3.60. The molecule has 0 bridgehead atoms. The third kappa shape index (κ3) is 2.40. The van der Waals surface area contributed by atoms with Crippen molar-refractivity contribution >= 4 is 5.82 Å². The predicted octanol–water partition coefficient (Wildman–Crippen LogP) is 1.34. The molecule has 0 atom stereocenters. The summed E-state index contributed by atoms with van der Waals surface area (Å²) in [7, 11) is 3.82. The molecule has 0 amide bonds. The van der Waals surface area contributed by atoms with Crippen molar-refractivity contribution in [2.24, 2.45) is 7.05 Å². The Morgan fingerprint density at radius 1 is 1.32 bits per heavy atom. The average Bonchev–Trinajstić information content (AvgIpc) is 2.65. The van der Waals surface area contributed by atoms with E-state index in [2.05, 4.69) is 21.1 Å². The molecule has 6 nitrogen and oxygen atoms in total. The van der Waals surface area contributed by atoms with Crippen LogP contribution in [0.15, 0.2) is 12.4 Å². The summed E-state index contributed by atoms with van der Waals surface area (Å²) in [6.45, 7) is 4.67. The minimum Gasteiger partial charge on any atom is -0.353 e. The number of aryl methyl sites for hydroxylation is 2. The van der Waals surface area contributed by atoms with Gasteiger partial charge in [-0.25, -0.2) is 9.97 Å². The highest BCUT2D eigenvalue weighted by Crippen LogP contribution is 2.19. The fraction of sp³-hybridized carbons (Fsp3) is 0.385. The molecule has 0 aliphatic rings. The van der Waals surface area contributed by atoms with Crippen molar-refractivity contribution in [2.45, 2.75) is 20.4 Å². The maximum absolute atomic E-state index is 9.05. The van der Waals surface area contributed by atoms with Crippen molar-refractivity contribution in [3.8, 4) is 6.07 Å². The zero-order valence-electron chi connectivity index (χ0n) is 11.5. The minimum atomic E-state index is 0.337. The molecule has 2 aromatic heterocycles. The van der Waals surface area contributed by atoms with Crippen LogP contribution in [0.3, 0.4) is 0 Å². The van der Waals surface area contributed by atoms with Gasteiger partial charge in [0.1, 0.15) is 6.07 Å². The molecule has 0 unspecified atom stereocenters. The van der Waals surface area contributed by atoms with Gasteiger partial charge >= 0.3 is 0 Å². The Hall–Kier alpha value is -2.42. The Labute approximate surface area is 112 Å². The van der Waals surface area contributed by atoms with Gasteiger partial charge in [0.25, 0.3) is 0 Å². The SMILES string of the molecule is Cc1nn(C)c(C)c1CN(C)c1nccnc1C#N. The molecule has 98 valence electrons. The highest BCUT2D eigenvalue weighted by Gasteiger charge is 2.15. The standard InChI is InChI=1S/C13H16N6/c1-9-11(10(2)19(4)17-9)8-18(3)13-12(7-14)15-5-6-16-13/h5-6H,8H2,1-4H3. The molecule has 0 aromatic carbocycles. The Balaban J connectivity index is 2.31. The number of nitrogens with zero attached hydrogens (tertiary/aromatic N) is 6. The van der Waals surface area contributed by atoms with Gasteiger partial charge in [-0.15, -0.1) is 0 Å². The second kappa shape index (κ2) is 5.06. The van der Waals surface area contributed by atoms with Crippen LogP contribution in [0, 0.1) is 25.2 Å². The van der Waals surface area contributed by atoms with Gasteiger partial charge in [-0.1, -0.05) is 0 Å². The fourth-order valence-electron chi connectivity index (χ4n) is 2.05. The summed E-state index contributed by atoms with van der Waals surface area (Å²) in [4.78, 5) is 10.2. The second-order valence-electron chi connectivity index (χ2n) is 4.47. The Kier molecular flexibility index (Phi) is 3.47. The third-order valence-electron chi connectivity index (χ3n) is 3.20. The lowest BCUT2D eigenvalue weighted by Gasteiger charge is -2.18. The predicted molar refractivity (Wildman–Crippen MR) is 71.5 cm³/mol. The van der Waals surface area contributed by atoms with E-state index in [-0.39, 0.29) is 0 Å². The summed E-state index contributed by atoms with van der Waals surface area (Å²) < 4.78 is 1.86. The first-order chi connectivity index (χ1) is 9.04. The van der Waals surface area contributed by atoms with Crippen molar-refractivity contribution in [2.75, 3.05) is 11.9 Å². The minimum absolute atomic E-state index is 0.337. The monoisotopic (exact) mass is 256 g/mol.